The number of hydrogen-bond acceptors (Lipinski definition) is 1. The Morgan fingerprint density at radius 2 is 2.09 bits per heavy atom. The summed E-state index contributed by atoms with van der Waals surface area (Å²) in [6.45, 7) is 6.11. The first-order valence-corrected chi connectivity index (χ1v) is 4.77. The lowest BCUT2D eigenvalue weighted by atomic mass is 9.58. The predicted molar refractivity (Wildman–Crippen MR) is 47.5 cm³/mol. The van der Waals surface area contributed by atoms with E-state index in [-0.39, 0.29) is 0 Å². The molecule has 2 aliphatic carbocycles. The highest BCUT2D eigenvalue weighted by atomic mass is 14.9. The summed E-state index contributed by atoms with van der Waals surface area (Å²) in [7, 11) is 2.07. The van der Waals surface area contributed by atoms with Crippen LogP contribution < -0.4 is 5.32 Å². The molecule has 0 aromatic heterocycles. The van der Waals surface area contributed by atoms with Crippen LogP contribution in [0, 0.1) is 16.7 Å². The van der Waals surface area contributed by atoms with E-state index in [9.17, 15) is 0 Å². The van der Waals surface area contributed by atoms with Crippen molar-refractivity contribution in [2.45, 2.75) is 33.1 Å². The topological polar surface area (TPSA) is 12.0 Å². The third-order valence-corrected chi connectivity index (χ3v) is 4.23. The number of nitrogens with one attached hydrogen (secondary N) is 1. The molecule has 0 radical (unpaired) electrons. The van der Waals surface area contributed by atoms with Crippen LogP contribution in [0.4, 0.5) is 0 Å². The zero-order valence-corrected chi connectivity index (χ0v) is 7.91. The summed E-state index contributed by atoms with van der Waals surface area (Å²) in [4.78, 5) is 0. The summed E-state index contributed by atoms with van der Waals surface area (Å²) in [5.74, 6) is 0.997. The fourth-order valence-corrected chi connectivity index (χ4v) is 2.98. The molecule has 1 nitrogen and oxygen atoms in total. The van der Waals surface area contributed by atoms with Crippen LogP contribution in [-0.2, 0) is 0 Å². The van der Waals surface area contributed by atoms with Crippen molar-refractivity contribution in [3.05, 3.63) is 0 Å². The monoisotopic (exact) mass is 153 g/mol. The molecule has 2 saturated carbocycles. The van der Waals surface area contributed by atoms with E-state index in [1.54, 1.807) is 0 Å². The van der Waals surface area contributed by atoms with Gasteiger partial charge in [0.25, 0.3) is 0 Å². The summed E-state index contributed by atoms with van der Waals surface area (Å²) < 4.78 is 0. The Morgan fingerprint density at radius 1 is 1.36 bits per heavy atom. The highest BCUT2D eigenvalue weighted by Crippen LogP contribution is 2.74. The minimum atomic E-state index is 0.661. The van der Waals surface area contributed by atoms with Crippen molar-refractivity contribution >= 4 is 0 Å². The van der Waals surface area contributed by atoms with Crippen molar-refractivity contribution in [2.24, 2.45) is 16.7 Å². The third kappa shape index (κ3) is 0.807. The minimum Gasteiger partial charge on any atom is -0.319 e. The van der Waals surface area contributed by atoms with Gasteiger partial charge in [-0.3, -0.25) is 0 Å². The van der Waals surface area contributed by atoms with Crippen LogP contribution in [0.1, 0.15) is 33.1 Å². The van der Waals surface area contributed by atoms with Crippen LogP contribution in [-0.4, -0.2) is 13.6 Å². The number of hydrogen-bond donors (Lipinski definition) is 1. The molecule has 0 heterocycles. The summed E-state index contributed by atoms with van der Waals surface area (Å²) >= 11 is 0. The van der Waals surface area contributed by atoms with Crippen LogP contribution in [0.2, 0.25) is 0 Å². The molecule has 64 valence electrons. The molecule has 2 aliphatic rings. The van der Waals surface area contributed by atoms with Crippen LogP contribution in [0.15, 0.2) is 0 Å². The molecule has 0 bridgehead atoms. The van der Waals surface area contributed by atoms with Gasteiger partial charge in [-0.15, -0.1) is 0 Å². The van der Waals surface area contributed by atoms with Gasteiger partial charge in [-0.25, -0.2) is 0 Å². The Bertz CT molecular complexity index is 174. The Morgan fingerprint density at radius 3 is 2.36 bits per heavy atom. The maximum Gasteiger partial charge on any atom is -0.00178 e. The lowest BCUT2D eigenvalue weighted by molar-refractivity contribution is 0.0308. The average molecular weight is 153 g/mol. The highest BCUT2D eigenvalue weighted by molar-refractivity contribution is 5.16. The normalized spacial score (nSPS) is 45.5. The first-order valence-electron chi connectivity index (χ1n) is 4.77. The summed E-state index contributed by atoms with van der Waals surface area (Å²) in [6, 6.07) is 0. The smallest absolute Gasteiger partial charge is 0.00178 e. The molecule has 11 heavy (non-hydrogen) atoms. The third-order valence-electron chi connectivity index (χ3n) is 4.23. The molecule has 2 unspecified atom stereocenters. The summed E-state index contributed by atoms with van der Waals surface area (Å²) in [5.41, 5.74) is 1.44. The van der Waals surface area contributed by atoms with Crippen LogP contribution in [0.3, 0.4) is 0 Å². The van der Waals surface area contributed by atoms with Crippen molar-refractivity contribution in [1.29, 1.82) is 0 Å². The van der Waals surface area contributed by atoms with Gasteiger partial charge in [-0.05, 0) is 49.6 Å². The van der Waals surface area contributed by atoms with E-state index < -0.39 is 0 Å². The zero-order chi connectivity index (χ0) is 8.11. The summed E-state index contributed by atoms with van der Waals surface area (Å²) in [6.07, 6.45) is 4.43. The van der Waals surface area contributed by atoms with Gasteiger partial charge >= 0.3 is 0 Å². The molecule has 1 heteroatoms. The van der Waals surface area contributed by atoms with E-state index in [4.69, 9.17) is 0 Å². The second-order valence-electron chi connectivity index (χ2n) is 5.00. The van der Waals surface area contributed by atoms with Gasteiger partial charge in [0.2, 0.25) is 0 Å². The van der Waals surface area contributed by atoms with E-state index in [2.05, 4.69) is 26.2 Å². The maximum absolute atomic E-state index is 3.29. The molecule has 0 aromatic carbocycles. The molecule has 0 saturated heterocycles. The van der Waals surface area contributed by atoms with Gasteiger partial charge in [0.15, 0.2) is 0 Å². The van der Waals surface area contributed by atoms with E-state index >= 15 is 0 Å². The largest absolute Gasteiger partial charge is 0.319 e. The first-order chi connectivity index (χ1) is 5.12. The quantitative estimate of drug-likeness (QED) is 0.640. The minimum absolute atomic E-state index is 0.661. The average Bonchev–Trinajstić information content (AvgIpc) is 2.65. The highest BCUT2D eigenvalue weighted by Gasteiger charge is 2.66. The molecule has 0 amide bonds. The predicted octanol–water partition coefficient (Wildman–Crippen LogP) is 2.03. The molecular weight excluding hydrogens is 134 g/mol. The van der Waals surface area contributed by atoms with Crippen molar-refractivity contribution in [1.82, 2.24) is 5.32 Å². The van der Waals surface area contributed by atoms with Crippen LogP contribution in [0.5, 0.6) is 0 Å². The van der Waals surface area contributed by atoms with Crippen molar-refractivity contribution in [3.63, 3.8) is 0 Å². The molecule has 2 atom stereocenters. The van der Waals surface area contributed by atoms with E-state index in [1.165, 1.54) is 25.8 Å². The van der Waals surface area contributed by atoms with Crippen LogP contribution in [0.25, 0.3) is 0 Å². The zero-order valence-electron chi connectivity index (χ0n) is 7.91. The Hall–Kier alpha value is -0.0400. The Balaban J connectivity index is 1.97. The van der Waals surface area contributed by atoms with Gasteiger partial charge in [0.05, 0.1) is 0 Å². The lowest BCUT2D eigenvalue weighted by Crippen LogP contribution is -2.39. The van der Waals surface area contributed by atoms with Gasteiger partial charge in [0.1, 0.15) is 0 Å². The molecule has 2 rings (SSSR count). The van der Waals surface area contributed by atoms with E-state index in [1.807, 2.05) is 0 Å². The van der Waals surface area contributed by atoms with Crippen molar-refractivity contribution < 1.29 is 0 Å². The molecular formula is C10H19N. The molecule has 0 aliphatic heterocycles. The molecule has 1 N–H and O–H groups in total. The Labute approximate surface area is 69.6 Å². The van der Waals surface area contributed by atoms with Gasteiger partial charge in [-0.2, -0.15) is 0 Å². The van der Waals surface area contributed by atoms with E-state index in [0.717, 1.165) is 11.3 Å². The Kier molecular flexibility index (Phi) is 1.39. The molecule has 2 fully saturated rings. The van der Waals surface area contributed by atoms with Gasteiger partial charge in [0, 0.05) is 0 Å². The standard InChI is InChI=1S/C10H19N/c1-9(2)4-5-10(9)6-8(10)7-11-3/h8,11H,4-7H2,1-3H3. The second-order valence-corrected chi connectivity index (χ2v) is 5.00. The van der Waals surface area contributed by atoms with Crippen molar-refractivity contribution in [3.8, 4) is 0 Å². The fraction of sp³-hybridized carbons (Fsp3) is 1.00. The second kappa shape index (κ2) is 2.01. The van der Waals surface area contributed by atoms with Crippen molar-refractivity contribution in [2.75, 3.05) is 13.6 Å². The van der Waals surface area contributed by atoms with E-state index in [0.29, 0.717) is 5.41 Å². The molecule has 1 spiro atoms. The maximum atomic E-state index is 3.29. The molecule has 0 aromatic rings. The van der Waals surface area contributed by atoms with Gasteiger partial charge in [-0.1, -0.05) is 13.8 Å². The first kappa shape index (κ1) is 7.60. The van der Waals surface area contributed by atoms with Gasteiger partial charge < -0.3 is 5.32 Å². The lowest BCUT2D eigenvalue weighted by Gasteiger charge is -2.47. The SMILES string of the molecule is CNCC1CC12CCC2(C)C. The van der Waals surface area contributed by atoms with Crippen LogP contribution >= 0.6 is 0 Å². The number of rotatable bonds is 2. The fourth-order valence-electron chi connectivity index (χ4n) is 2.98. The summed E-state index contributed by atoms with van der Waals surface area (Å²) in [5, 5.41) is 3.29.